The summed E-state index contributed by atoms with van der Waals surface area (Å²) in [5.74, 6) is 0. The Hall–Kier alpha value is -2.47. The molecule has 1 N–H and O–H groups in total. The van der Waals surface area contributed by atoms with Gasteiger partial charge in [0, 0.05) is 0 Å². The largest absolute Gasteiger partial charge is 0.356 e. The molecular weight excluding hydrogens is 298 g/mol. The molecule has 1 aromatic heterocycles. The Morgan fingerprint density at radius 3 is 2.59 bits per heavy atom. The van der Waals surface area contributed by atoms with Crippen LogP contribution < -0.4 is 5.56 Å². The molecule has 2 aromatic carbocycles. The number of aryl methyl sites for hydroxylation is 1. The van der Waals surface area contributed by atoms with Crippen LogP contribution in [0, 0.1) is 6.92 Å². The van der Waals surface area contributed by atoms with Crippen LogP contribution in [0.1, 0.15) is 11.1 Å². The van der Waals surface area contributed by atoms with Crippen molar-refractivity contribution >= 4 is 29.7 Å². The number of H-pyrrole nitrogens is 1. The Morgan fingerprint density at radius 2 is 1.86 bits per heavy atom. The molecule has 112 valence electrons. The van der Waals surface area contributed by atoms with Crippen molar-refractivity contribution in [3.8, 4) is 0 Å². The normalized spacial score (nSPS) is 10.8. The molecule has 1 heterocycles. The first-order valence-electron chi connectivity index (χ1n) is 6.83. The number of para-hydroxylation sites is 1. The molecule has 0 aliphatic rings. The van der Waals surface area contributed by atoms with Crippen LogP contribution in [0.3, 0.4) is 0 Å². The summed E-state index contributed by atoms with van der Waals surface area (Å²) in [6, 6.07) is 14.2. The minimum atomic E-state index is -0.507. The van der Waals surface area contributed by atoms with Gasteiger partial charge in [-0.25, -0.2) is 4.79 Å². The number of fused-ring (bicyclic) bond motifs is 1. The number of amides is 1. The van der Waals surface area contributed by atoms with E-state index < -0.39 is 6.03 Å². The number of carbonyl (C=O) groups is 1. The van der Waals surface area contributed by atoms with E-state index in [-0.39, 0.29) is 5.56 Å². The van der Waals surface area contributed by atoms with Gasteiger partial charge in [-0.3, -0.25) is 14.2 Å². The standard InChI is InChI=1S/C16H15N3O2S/c1-11-6-2-3-7-12(11)10-18(22)16(21)19-15(20)13-8-4-5-9-14(13)17-19/h2-9,17,22H,10H2,1H3. The topological polar surface area (TPSA) is 58.1 Å². The van der Waals surface area contributed by atoms with Gasteiger partial charge >= 0.3 is 6.03 Å². The van der Waals surface area contributed by atoms with Gasteiger partial charge in [-0.1, -0.05) is 49.2 Å². The van der Waals surface area contributed by atoms with Crippen molar-refractivity contribution in [2.45, 2.75) is 13.5 Å². The van der Waals surface area contributed by atoms with E-state index in [1.807, 2.05) is 31.2 Å². The summed E-state index contributed by atoms with van der Waals surface area (Å²) in [5.41, 5.74) is 2.30. The number of carbonyl (C=O) groups excluding carboxylic acids is 1. The number of benzene rings is 2. The smallest absolute Gasteiger partial charge is 0.286 e. The van der Waals surface area contributed by atoms with Gasteiger partial charge in [-0.05, 0) is 30.2 Å². The van der Waals surface area contributed by atoms with E-state index in [0.717, 1.165) is 15.8 Å². The SMILES string of the molecule is Cc1ccccc1CN(S)C(=O)n1[nH]c2ccccc2c1=O. The number of hydrogen-bond donors (Lipinski definition) is 2. The van der Waals surface area contributed by atoms with Crippen LogP contribution in [-0.2, 0) is 6.54 Å². The molecule has 0 unspecified atom stereocenters. The van der Waals surface area contributed by atoms with E-state index in [9.17, 15) is 9.59 Å². The molecular formula is C16H15N3O2S. The third-order valence-corrected chi connectivity index (χ3v) is 3.90. The summed E-state index contributed by atoms with van der Waals surface area (Å²) in [7, 11) is 0. The molecule has 3 rings (SSSR count). The Kier molecular flexibility index (Phi) is 3.77. The molecule has 0 fully saturated rings. The van der Waals surface area contributed by atoms with Crippen LogP contribution in [0.4, 0.5) is 4.79 Å². The number of nitrogens with zero attached hydrogens (tertiary/aromatic N) is 2. The van der Waals surface area contributed by atoms with Crippen LogP contribution in [0.15, 0.2) is 53.3 Å². The molecule has 0 radical (unpaired) electrons. The number of aromatic nitrogens is 2. The van der Waals surface area contributed by atoms with Gasteiger partial charge in [0.1, 0.15) is 0 Å². The van der Waals surface area contributed by atoms with E-state index in [0.29, 0.717) is 17.4 Å². The van der Waals surface area contributed by atoms with Crippen LogP contribution in [0.2, 0.25) is 0 Å². The lowest BCUT2D eigenvalue weighted by Gasteiger charge is -2.16. The van der Waals surface area contributed by atoms with Crippen LogP contribution in [-0.4, -0.2) is 20.1 Å². The van der Waals surface area contributed by atoms with Gasteiger partial charge in [0.05, 0.1) is 17.4 Å². The Labute approximate surface area is 132 Å². The van der Waals surface area contributed by atoms with E-state index in [1.165, 1.54) is 4.31 Å². The number of thiol groups is 1. The molecule has 1 amide bonds. The summed E-state index contributed by atoms with van der Waals surface area (Å²) >= 11 is 4.23. The third-order valence-electron chi connectivity index (χ3n) is 3.59. The number of nitrogens with one attached hydrogen (secondary N) is 1. The number of hydrogen-bond acceptors (Lipinski definition) is 3. The zero-order valence-corrected chi connectivity index (χ0v) is 12.9. The van der Waals surface area contributed by atoms with E-state index in [2.05, 4.69) is 17.9 Å². The average Bonchev–Trinajstić information content (AvgIpc) is 2.86. The molecule has 0 aliphatic carbocycles. The van der Waals surface area contributed by atoms with Gasteiger partial charge in [-0.2, -0.15) is 4.68 Å². The summed E-state index contributed by atoms with van der Waals surface area (Å²) in [5, 5.41) is 3.29. The van der Waals surface area contributed by atoms with Crippen LogP contribution in [0.5, 0.6) is 0 Å². The van der Waals surface area contributed by atoms with Gasteiger partial charge < -0.3 is 0 Å². The maximum Gasteiger partial charge on any atom is 0.356 e. The van der Waals surface area contributed by atoms with Crippen molar-refractivity contribution in [2.75, 3.05) is 0 Å². The van der Waals surface area contributed by atoms with Crippen LogP contribution in [0.25, 0.3) is 10.9 Å². The molecule has 0 saturated heterocycles. The first-order valence-corrected chi connectivity index (χ1v) is 7.23. The molecule has 0 saturated carbocycles. The van der Waals surface area contributed by atoms with Gasteiger partial charge in [0.15, 0.2) is 0 Å². The average molecular weight is 313 g/mol. The highest BCUT2D eigenvalue weighted by atomic mass is 32.1. The second kappa shape index (κ2) is 5.73. The van der Waals surface area contributed by atoms with Gasteiger partial charge in [0.25, 0.3) is 5.56 Å². The quantitative estimate of drug-likeness (QED) is 0.715. The molecule has 3 aromatic rings. The van der Waals surface area contributed by atoms with Crippen LogP contribution >= 0.6 is 12.8 Å². The van der Waals surface area contributed by atoms with Crippen molar-refractivity contribution in [3.63, 3.8) is 0 Å². The van der Waals surface area contributed by atoms with Gasteiger partial charge in [0.2, 0.25) is 0 Å². The van der Waals surface area contributed by atoms with Crippen molar-refractivity contribution in [1.29, 1.82) is 0 Å². The van der Waals surface area contributed by atoms with Gasteiger partial charge in [-0.15, -0.1) is 0 Å². The second-order valence-corrected chi connectivity index (χ2v) is 5.55. The fraction of sp³-hybridized carbons (Fsp3) is 0.125. The highest BCUT2D eigenvalue weighted by Gasteiger charge is 2.18. The lowest BCUT2D eigenvalue weighted by molar-refractivity contribution is 0.223. The monoisotopic (exact) mass is 313 g/mol. The third kappa shape index (κ3) is 2.53. The predicted octanol–water partition coefficient (Wildman–Crippen LogP) is 2.95. The molecule has 0 bridgehead atoms. The lowest BCUT2D eigenvalue weighted by atomic mass is 10.1. The predicted molar refractivity (Wildman–Crippen MR) is 89.1 cm³/mol. The van der Waals surface area contributed by atoms with Crippen molar-refractivity contribution in [1.82, 2.24) is 14.1 Å². The Bertz CT molecular complexity index is 898. The Balaban J connectivity index is 1.91. The first kappa shape index (κ1) is 14.5. The molecule has 22 heavy (non-hydrogen) atoms. The highest BCUT2D eigenvalue weighted by molar-refractivity contribution is 7.78. The first-order chi connectivity index (χ1) is 10.6. The van der Waals surface area contributed by atoms with E-state index in [1.54, 1.807) is 24.3 Å². The minimum absolute atomic E-state index is 0.316. The van der Waals surface area contributed by atoms with Crippen molar-refractivity contribution in [2.24, 2.45) is 0 Å². The molecule has 0 spiro atoms. The minimum Gasteiger partial charge on any atom is -0.286 e. The van der Waals surface area contributed by atoms with E-state index >= 15 is 0 Å². The molecule has 0 atom stereocenters. The van der Waals surface area contributed by atoms with Crippen molar-refractivity contribution < 1.29 is 4.79 Å². The van der Waals surface area contributed by atoms with E-state index in [4.69, 9.17) is 0 Å². The molecule has 5 nitrogen and oxygen atoms in total. The summed E-state index contributed by atoms with van der Waals surface area (Å²) < 4.78 is 2.20. The second-order valence-electron chi connectivity index (χ2n) is 5.06. The fourth-order valence-electron chi connectivity index (χ4n) is 2.33. The number of rotatable bonds is 2. The maximum absolute atomic E-state index is 12.4. The summed E-state index contributed by atoms with van der Waals surface area (Å²) in [6.45, 7) is 2.28. The Morgan fingerprint density at radius 1 is 1.18 bits per heavy atom. The summed E-state index contributed by atoms with van der Waals surface area (Å²) in [6.07, 6.45) is 0. The maximum atomic E-state index is 12.4. The zero-order valence-electron chi connectivity index (χ0n) is 12.0. The van der Waals surface area contributed by atoms with Crippen molar-refractivity contribution in [3.05, 3.63) is 70.0 Å². The fourth-order valence-corrected chi connectivity index (χ4v) is 2.57. The highest BCUT2D eigenvalue weighted by Crippen LogP contribution is 2.13. The molecule has 6 heteroatoms. The molecule has 0 aliphatic heterocycles. The lowest BCUT2D eigenvalue weighted by Crippen LogP contribution is -2.33. The summed E-state index contributed by atoms with van der Waals surface area (Å²) in [4.78, 5) is 24.7. The zero-order chi connectivity index (χ0) is 15.7. The number of aromatic amines is 1.